The minimum Gasteiger partial charge on any atom is -0.462 e. The van der Waals surface area contributed by atoms with Crippen LogP contribution in [0.4, 0.5) is 0 Å². The molecule has 1 atom stereocenters. The third-order valence-electron chi connectivity index (χ3n) is 11.6. The zero-order chi connectivity index (χ0) is 41.5. The van der Waals surface area contributed by atoms with E-state index in [0.29, 0.717) is 19.3 Å². The molecule has 6 nitrogen and oxygen atoms in total. The van der Waals surface area contributed by atoms with Crippen LogP contribution in [-0.2, 0) is 28.6 Å². The maximum atomic E-state index is 12.8. The Hall–Kier alpha value is -1.59. The number of unbranched alkanes of at least 4 members (excludes halogenated alkanes) is 36. The first-order chi connectivity index (χ1) is 28.0. The Kier molecular flexibility index (Phi) is 45.8. The fourth-order valence-electron chi connectivity index (χ4n) is 7.74. The molecule has 0 amide bonds. The zero-order valence-electron chi connectivity index (χ0n) is 38.6. The Morgan fingerprint density at radius 1 is 0.281 bits per heavy atom. The highest BCUT2D eigenvalue weighted by molar-refractivity contribution is 5.71. The molecule has 1 unspecified atom stereocenters. The lowest BCUT2D eigenvalue weighted by molar-refractivity contribution is -0.167. The van der Waals surface area contributed by atoms with Crippen LogP contribution >= 0.6 is 0 Å². The molecule has 6 heteroatoms. The zero-order valence-corrected chi connectivity index (χ0v) is 38.6. The first-order valence-corrected chi connectivity index (χ1v) is 25.5. The molecular formula is C51H98O6. The number of esters is 3. The van der Waals surface area contributed by atoms with Crippen molar-refractivity contribution in [1.82, 2.24) is 0 Å². The number of hydrogen-bond acceptors (Lipinski definition) is 6. The molecule has 0 radical (unpaired) electrons. The maximum absolute atomic E-state index is 12.8. The summed E-state index contributed by atoms with van der Waals surface area (Å²) in [7, 11) is 0. The minimum absolute atomic E-state index is 0.0618. The van der Waals surface area contributed by atoms with Crippen molar-refractivity contribution in [3.8, 4) is 0 Å². The van der Waals surface area contributed by atoms with Gasteiger partial charge in [-0.25, -0.2) is 0 Å². The molecule has 0 saturated heterocycles. The molecule has 0 aliphatic rings. The van der Waals surface area contributed by atoms with Crippen LogP contribution in [0.5, 0.6) is 0 Å². The lowest BCUT2D eigenvalue weighted by atomic mass is 10.0. The number of ether oxygens (including phenoxy) is 3. The molecule has 0 aromatic carbocycles. The molecular weight excluding hydrogens is 709 g/mol. The van der Waals surface area contributed by atoms with Gasteiger partial charge in [0.05, 0.1) is 0 Å². The summed E-state index contributed by atoms with van der Waals surface area (Å²) < 4.78 is 16.8. The molecule has 0 aliphatic heterocycles. The van der Waals surface area contributed by atoms with Crippen molar-refractivity contribution in [1.29, 1.82) is 0 Å². The summed E-state index contributed by atoms with van der Waals surface area (Å²) in [5.41, 5.74) is 0. The highest BCUT2D eigenvalue weighted by Crippen LogP contribution is 2.17. The van der Waals surface area contributed by atoms with Crippen LogP contribution in [0, 0.1) is 0 Å². The second-order valence-corrected chi connectivity index (χ2v) is 17.5. The number of rotatable bonds is 47. The van der Waals surface area contributed by atoms with E-state index >= 15 is 0 Å². The Morgan fingerprint density at radius 2 is 0.474 bits per heavy atom. The predicted octanol–water partition coefficient (Wildman–Crippen LogP) is 16.4. The Labute approximate surface area is 355 Å². The predicted molar refractivity (Wildman–Crippen MR) is 243 cm³/mol. The summed E-state index contributed by atoms with van der Waals surface area (Å²) in [6, 6.07) is 0. The average molecular weight is 807 g/mol. The van der Waals surface area contributed by atoms with Crippen molar-refractivity contribution in [3.05, 3.63) is 0 Å². The summed E-state index contributed by atoms with van der Waals surface area (Å²) in [6.07, 6.45) is 49.3. The molecule has 0 heterocycles. The second kappa shape index (κ2) is 47.1. The van der Waals surface area contributed by atoms with Gasteiger partial charge >= 0.3 is 17.9 Å². The van der Waals surface area contributed by atoms with Gasteiger partial charge < -0.3 is 14.2 Å². The van der Waals surface area contributed by atoms with Crippen LogP contribution in [-0.4, -0.2) is 37.2 Å². The molecule has 0 spiro atoms. The van der Waals surface area contributed by atoms with E-state index in [9.17, 15) is 14.4 Å². The van der Waals surface area contributed by atoms with Gasteiger partial charge in [0.1, 0.15) is 13.2 Å². The lowest BCUT2D eigenvalue weighted by Gasteiger charge is -2.18. The van der Waals surface area contributed by atoms with Crippen molar-refractivity contribution in [2.24, 2.45) is 0 Å². The number of hydrogen-bond donors (Lipinski definition) is 0. The molecule has 0 bridgehead atoms. The van der Waals surface area contributed by atoms with E-state index in [2.05, 4.69) is 20.8 Å². The van der Waals surface area contributed by atoms with Gasteiger partial charge in [-0.1, -0.05) is 252 Å². The van der Waals surface area contributed by atoms with Crippen molar-refractivity contribution >= 4 is 17.9 Å². The van der Waals surface area contributed by atoms with Gasteiger partial charge in [-0.05, 0) is 19.3 Å². The van der Waals surface area contributed by atoms with Gasteiger partial charge in [-0.2, -0.15) is 0 Å². The largest absolute Gasteiger partial charge is 0.462 e. The fraction of sp³-hybridized carbons (Fsp3) is 0.941. The topological polar surface area (TPSA) is 78.9 Å². The van der Waals surface area contributed by atoms with Gasteiger partial charge in [-0.15, -0.1) is 0 Å². The Morgan fingerprint density at radius 3 is 0.702 bits per heavy atom. The van der Waals surface area contributed by atoms with Crippen LogP contribution in [0.15, 0.2) is 0 Å². The summed E-state index contributed by atoms with van der Waals surface area (Å²) in [5.74, 6) is -0.842. The monoisotopic (exact) mass is 807 g/mol. The summed E-state index contributed by atoms with van der Waals surface area (Å²) in [4.78, 5) is 37.9. The quantitative estimate of drug-likeness (QED) is 0.0346. The first kappa shape index (κ1) is 55.4. The molecule has 0 fully saturated rings. The second-order valence-electron chi connectivity index (χ2n) is 17.5. The smallest absolute Gasteiger partial charge is 0.306 e. The van der Waals surface area contributed by atoms with E-state index in [1.54, 1.807) is 0 Å². The lowest BCUT2D eigenvalue weighted by Crippen LogP contribution is -2.30. The summed E-state index contributed by atoms with van der Waals surface area (Å²) in [5, 5.41) is 0. The van der Waals surface area contributed by atoms with Gasteiger partial charge in [0.25, 0.3) is 0 Å². The third-order valence-corrected chi connectivity index (χ3v) is 11.6. The highest BCUT2D eigenvalue weighted by Gasteiger charge is 2.19. The van der Waals surface area contributed by atoms with E-state index in [1.807, 2.05) is 0 Å². The van der Waals surface area contributed by atoms with E-state index in [1.165, 1.54) is 193 Å². The molecule has 0 saturated carbocycles. The van der Waals surface area contributed by atoms with Crippen molar-refractivity contribution in [3.63, 3.8) is 0 Å². The highest BCUT2D eigenvalue weighted by atomic mass is 16.6. The van der Waals surface area contributed by atoms with Crippen LogP contribution in [0.3, 0.4) is 0 Å². The number of carbonyl (C=O) groups excluding carboxylic acids is 3. The SMILES string of the molecule is CCCCCCCCCCCCCCCCC(=O)OCC(COC(=O)CCCCCCCCCCCCCC)OC(=O)CCCCCCCCCCCCCCC. The van der Waals surface area contributed by atoms with Crippen molar-refractivity contribution in [2.45, 2.75) is 297 Å². The van der Waals surface area contributed by atoms with Gasteiger partial charge in [0.15, 0.2) is 6.10 Å². The molecule has 0 N–H and O–H groups in total. The molecule has 0 aromatic heterocycles. The van der Waals surface area contributed by atoms with E-state index in [0.717, 1.165) is 57.8 Å². The Bertz CT molecular complexity index is 844. The molecule has 338 valence electrons. The normalized spacial score (nSPS) is 11.8. The van der Waals surface area contributed by atoms with Crippen LogP contribution in [0.2, 0.25) is 0 Å². The van der Waals surface area contributed by atoms with Gasteiger partial charge in [0, 0.05) is 19.3 Å². The summed E-state index contributed by atoms with van der Waals surface area (Å²) >= 11 is 0. The average Bonchev–Trinajstić information content (AvgIpc) is 3.21. The molecule has 0 aliphatic carbocycles. The molecule has 0 rings (SSSR count). The maximum Gasteiger partial charge on any atom is 0.306 e. The summed E-state index contributed by atoms with van der Waals surface area (Å²) in [6.45, 7) is 6.67. The third kappa shape index (κ3) is 45.3. The van der Waals surface area contributed by atoms with Gasteiger partial charge in [0.2, 0.25) is 0 Å². The fourth-order valence-corrected chi connectivity index (χ4v) is 7.74. The Balaban J connectivity index is 4.31. The molecule has 57 heavy (non-hydrogen) atoms. The van der Waals surface area contributed by atoms with Crippen molar-refractivity contribution < 1.29 is 28.6 Å². The van der Waals surface area contributed by atoms with E-state index < -0.39 is 6.10 Å². The van der Waals surface area contributed by atoms with Gasteiger partial charge in [-0.3, -0.25) is 14.4 Å². The van der Waals surface area contributed by atoms with E-state index in [-0.39, 0.29) is 31.1 Å². The minimum atomic E-state index is -0.759. The standard InChI is InChI=1S/C51H98O6/c1-4-7-10-13-16-19-22-25-27-29-32-35-38-41-44-50(53)56-47-48(46-55-49(52)43-40-37-34-31-28-24-21-18-15-12-9-6-3)57-51(54)45-42-39-36-33-30-26-23-20-17-14-11-8-5-2/h48H,4-47H2,1-3H3. The number of carbonyl (C=O) groups is 3. The first-order valence-electron chi connectivity index (χ1n) is 25.5. The van der Waals surface area contributed by atoms with Crippen LogP contribution < -0.4 is 0 Å². The van der Waals surface area contributed by atoms with Crippen LogP contribution in [0.25, 0.3) is 0 Å². The van der Waals surface area contributed by atoms with E-state index in [4.69, 9.17) is 14.2 Å². The van der Waals surface area contributed by atoms with Crippen LogP contribution in [0.1, 0.15) is 290 Å². The molecule has 0 aromatic rings. The van der Waals surface area contributed by atoms with Crippen molar-refractivity contribution in [2.75, 3.05) is 13.2 Å².